The van der Waals surface area contributed by atoms with Crippen LogP contribution in [0, 0.1) is 17.3 Å². The van der Waals surface area contributed by atoms with E-state index in [1.807, 2.05) is 68.5 Å². The van der Waals surface area contributed by atoms with Gasteiger partial charge in [0.15, 0.2) is 0 Å². The molecule has 0 N–H and O–H groups in total. The minimum atomic E-state index is -0.602. The Labute approximate surface area is 176 Å². The Kier molecular flexibility index (Phi) is 6.21. The number of rotatable bonds is 6. The Morgan fingerprint density at radius 3 is 2.48 bits per heavy atom. The van der Waals surface area contributed by atoms with Gasteiger partial charge < -0.3 is 4.74 Å². The van der Waals surface area contributed by atoms with E-state index in [-0.39, 0.29) is 29.8 Å². The number of hydrogen-bond acceptors (Lipinski definition) is 2. The van der Waals surface area contributed by atoms with Crippen LogP contribution in [0.2, 0.25) is 0 Å². The van der Waals surface area contributed by atoms with Crippen molar-refractivity contribution in [2.45, 2.75) is 27.1 Å². The summed E-state index contributed by atoms with van der Waals surface area (Å²) in [6.45, 7) is 3.57. The maximum absolute atomic E-state index is 13.8. The van der Waals surface area contributed by atoms with E-state index < -0.39 is 6.67 Å². The van der Waals surface area contributed by atoms with Gasteiger partial charge in [0.05, 0.1) is 9.31 Å². The molecule has 0 saturated heterocycles. The van der Waals surface area contributed by atoms with Crippen LogP contribution < -0.4 is 0 Å². The summed E-state index contributed by atoms with van der Waals surface area (Å²) in [5, 5.41) is 0. The fourth-order valence-corrected chi connectivity index (χ4v) is 4.20. The zero-order chi connectivity index (χ0) is 19.6. The smallest absolute Gasteiger partial charge is 0.310 e. The molecule has 3 rings (SSSR count). The second kappa shape index (κ2) is 8.27. The second-order valence-electron chi connectivity index (χ2n) is 7.33. The third-order valence-corrected chi connectivity index (χ3v) is 5.86. The molecule has 2 nitrogen and oxygen atoms in total. The number of alkyl halides is 1. The number of esters is 1. The van der Waals surface area contributed by atoms with Crippen LogP contribution in [0.4, 0.5) is 4.39 Å². The Morgan fingerprint density at radius 1 is 1.15 bits per heavy atom. The van der Waals surface area contributed by atoms with Crippen molar-refractivity contribution in [3.05, 3.63) is 69.1 Å². The second-order valence-corrected chi connectivity index (χ2v) is 10.1. The van der Waals surface area contributed by atoms with Crippen molar-refractivity contribution in [1.29, 1.82) is 0 Å². The molecule has 0 bridgehead atoms. The van der Waals surface area contributed by atoms with E-state index in [4.69, 9.17) is 4.74 Å². The van der Waals surface area contributed by atoms with Crippen molar-refractivity contribution in [2.24, 2.45) is 17.3 Å². The predicted molar refractivity (Wildman–Crippen MR) is 113 cm³/mol. The first-order valence-electron chi connectivity index (χ1n) is 8.78. The van der Waals surface area contributed by atoms with Crippen molar-refractivity contribution >= 4 is 37.8 Å². The lowest BCUT2D eigenvalue weighted by atomic mass is 9.96. The van der Waals surface area contributed by atoms with Crippen LogP contribution >= 0.6 is 31.9 Å². The highest BCUT2D eigenvalue weighted by Crippen LogP contribution is 2.60. The Morgan fingerprint density at radius 2 is 1.85 bits per heavy atom. The molecule has 1 aliphatic rings. The fraction of sp³-hybridized carbons (Fsp3) is 0.318. The average Bonchev–Trinajstić information content (AvgIpc) is 3.19. The van der Waals surface area contributed by atoms with Gasteiger partial charge in [0.25, 0.3) is 0 Å². The van der Waals surface area contributed by atoms with Crippen molar-refractivity contribution in [3.63, 3.8) is 0 Å². The van der Waals surface area contributed by atoms with Gasteiger partial charge in [-0.15, -0.1) is 0 Å². The summed E-state index contributed by atoms with van der Waals surface area (Å²) < 4.78 is 20.2. The molecule has 0 heterocycles. The molecule has 1 fully saturated rings. The number of halogens is 3. The zero-order valence-electron chi connectivity index (χ0n) is 15.2. The van der Waals surface area contributed by atoms with Gasteiger partial charge in [0.1, 0.15) is 13.3 Å². The molecule has 27 heavy (non-hydrogen) atoms. The number of benzene rings is 2. The molecule has 1 aliphatic carbocycles. The lowest BCUT2D eigenvalue weighted by Crippen LogP contribution is -2.11. The quantitative estimate of drug-likeness (QED) is 0.413. The topological polar surface area (TPSA) is 26.3 Å². The van der Waals surface area contributed by atoms with Crippen molar-refractivity contribution < 1.29 is 13.9 Å². The highest BCUT2D eigenvalue weighted by molar-refractivity contribution is 9.28. The Hall–Kier alpha value is -1.46. The van der Waals surface area contributed by atoms with Crippen LogP contribution in [0.15, 0.2) is 58.0 Å². The fourth-order valence-electron chi connectivity index (χ4n) is 3.63. The lowest BCUT2D eigenvalue weighted by molar-refractivity contribution is -0.147. The largest absolute Gasteiger partial charge is 0.461 e. The molecule has 2 aromatic rings. The molecule has 142 valence electrons. The monoisotopic (exact) mass is 494 g/mol. The van der Waals surface area contributed by atoms with Gasteiger partial charge in [-0.2, -0.15) is 0 Å². The summed E-state index contributed by atoms with van der Waals surface area (Å²) in [6, 6.07) is 15.3. The first-order valence-corrected chi connectivity index (χ1v) is 10.4. The summed E-state index contributed by atoms with van der Waals surface area (Å²) in [5.74, 6) is -0.304. The summed E-state index contributed by atoms with van der Waals surface area (Å²) >= 11 is 6.70. The molecule has 1 saturated carbocycles. The molecular weight excluding hydrogens is 475 g/mol. The molecule has 5 heteroatoms. The van der Waals surface area contributed by atoms with Gasteiger partial charge in [0.2, 0.25) is 0 Å². The number of hydrogen-bond donors (Lipinski definition) is 0. The van der Waals surface area contributed by atoms with Crippen LogP contribution in [0.1, 0.15) is 25.0 Å². The molecule has 0 aromatic heterocycles. The van der Waals surface area contributed by atoms with Gasteiger partial charge >= 0.3 is 5.97 Å². The van der Waals surface area contributed by atoms with E-state index in [9.17, 15) is 9.18 Å². The molecule has 2 unspecified atom stereocenters. The molecule has 2 atom stereocenters. The Bertz CT molecular complexity index is 858. The van der Waals surface area contributed by atoms with E-state index >= 15 is 0 Å². The summed E-state index contributed by atoms with van der Waals surface area (Å²) in [5.41, 5.74) is 2.93. The van der Waals surface area contributed by atoms with Gasteiger partial charge in [0, 0.05) is 0 Å². The van der Waals surface area contributed by atoms with Gasteiger partial charge in [-0.05, 0) is 65.4 Å². The minimum Gasteiger partial charge on any atom is -0.461 e. The van der Waals surface area contributed by atoms with E-state index in [2.05, 4.69) is 31.9 Å². The summed E-state index contributed by atoms with van der Waals surface area (Å²) in [6.07, 6.45) is 1.98. The zero-order valence-corrected chi connectivity index (χ0v) is 18.4. The highest BCUT2D eigenvalue weighted by atomic mass is 79.9. The maximum Gasteiger partial charge on any atom is 0.310 e. The molecule has 0 radical (unpaired) electrons. The predicted octanol–water partition coefficient (Wildman–Crippen LogP) is 6.77. The SMILES string of the molecule is CC1(C)C(C=C(Br)Br)C1C(=O)OCc1cccc(-c2ccccc2)c1CF. The molecule has 0 spiro atoms. The van der Waals surface area contributed by atoms with E-state index in [1.165, 1.54) is 0 Å². The van der Waals surface area contributed by atoms with Crippen molar-refractivity contribution in [1.82, 2.24) is 0 Å². The number of allylic oxidation sites excluding steroid dienone is 1. The van der Waals surface area contributed by atoms with Crippen LogP contribution in [0.3, 0.4) is 0 Å². The maximum atomic E-state index is 13.8. The number of carbonyl (C=O) groups excluding carboxylic acids is 1. The van der Waals surface area contributed by atoms with E-state index in [1.54, 1.807) is 0 Å². The molecular formula is C22H21Br2FO2. The van der Waals surface area contributed by atoms with E-state index in [0.717, 1.165) is 14.5 Å². The highest BCUT2D eigenvalue weighted by Gasteiger charge is 2.61. The van der Waals surface area contributed by atoms with Crippen LogP contribution in [0.25, 0.3) is 11.1 Å². The van der Waals surface area contributed by atoms with Crippen LogP contribution in [-0.2, 0) is 22.8 Å². The average molecular weight is 496 g/mol. The van der Waals surface area contributed by atoms with Crippen molar-refractivity contribution in [3.8, 4) is 11.1 Å². The van der Waals surface area contributed by atoms with Gasteiger partial charge in [-0.25, -0.2) is 4.39 Å². The lowest BCUT2D eigenvalue weighted by Gasteiger charge is -2.13. The van der Waals surface area contributed by atoms with Gasteiger partial charge in [-0.3, -0.25) is 4.79 Å². The Balaban J connectivity index is 1.75. The normalized spacial score (nSPS) is 20.0. The first kappa shape index (κ1) is 20.3. The van der Waals surface area contributed by atoms with Gasteiger partial charge in [-0.1, -0.05) is 68.5 Å². The molecule has 0 aliphatic heterocycles. The first-order chi connectivity index (χ1) is 12.9. The number of ether oxygens (including phenoxy) is 1. The standard InChI is InChI=1S/C22H21Br2FO2/c1-22(2)18(11-19(23)24)20(22)21(26)27-13-15-9-6-10-16(17(15)12-25)14-7-4-3-5-8-14/h3-11,18,20H,12-13H2,1-2H3. The summed E-state index contributed by atoms with van der Waals surface area (Å²) in [4.78, 5) is 12.6. The molecule has 0 amide bonds. The summed E-state index contributed by atoms with van der Waals surface area (Å²) in [7, 11) is 0. The number of carbonyl (C=O) groups is 1. The third-order valence-electron chi connectivity index (χ3n) is 5.33. The minimum absolute atomic E-state index is 0.0806. The van der Waals surface area contributed by atoms with Crippen LogP contribution in [0.5, 0.6) is 0 Å². The van der Waals surface area contributed by atoms with E-state index in [0.29, 0.717) is 11.1 Å². The molecule has 2 aromatic carbocycles. The van der Waals surface area contributed by atoms with Crippen LogP contribution in [-0.4, -0.2) is 5.97 Å². The third kappa shape index (κ3) is 4.35. The van der Waals surface area contributed by atoms with Crippen molar-refractivity contribution in [2.75, 3.05) is 0 Å².